The van der Waals surface area contributed by atoms with Gasteiger partial charge in [0.25, 0.3) is 5.91 Å². The van der Waals surface area contributed by atoms with Crippen LogP contribution in [-0.4, -0.2) is 43.4 Å². The third-order valence-corrected chi connectivity index (χ3v) is 4.27. The van der Waals surface area contributed by atoms with E-state index in [1.165, 1.54) is 0 Å². The Hall–Kier alpha value is -2.63. The number of nitrogens with one attached hydrogen (secondary N) is 1. The Morgan fingerprint density at radius 1 is 1.32 bits per heavy atom. The van der Waals surface area contributed by atoms with Gasteiger partial charge < -0.3 is 4.90 Å². The summed E-state index contributed by atoms with van der Waals surface area (Å²) in [5.74, 6) is 0.00658. The SMILES string of the molecule is O=C(c1n[nH]c2ccccc12)N1CCCC1Cn1cccn1. The molecule has 112 valence electrons. The van der Waals surface area contributed by atoms with Crippen LogP contribution >= 0.6 is 0 Å². The first kappa shape index (κ1) is 13.1. The largest absolute Gasteiger partial charge is 0.332 e. The van der Waals surface area contributed by atoms with Crippen molar-refractivity contribution in [2.24, 2.45) is 0 Å². The number of carbonyl (C=O) groups is 1. The highest BCUT2D eigenvalue weighted by Gasteiger charge is 2.31. The fourth-order valence-electron chi connectivity index (χ4n) is 3.18. The molecule has 1 amide bonds. The summed E-state index contributed by atoms with van der Waals surface area (Å²) >= 11 is 0. The van der Waals surface area contributed by atoms with E-state index in [0.717, 1.165) is 36.8 Å². The van der Waals surface area contributed by atoms with Crippen molar-refractivity contribution in [1.82, 2.24) is 24.9 Å². The molecule has 2 aromatic heterocycles. The fraction of sp³-hybridized carbons (Fsp3) is 0.312. The molecule has 6 heteroatoms. The van der Waals surface area contributed by atoms with Crippen molar-refractivity contribution in [3.05, 3.63) is 48.4 Å². The molecule has 4 rings (SSSR count). The molecule has 3 aromatic rings. The summed E-state index contributed by atoms with van der Waals surface area (Å²) in [6.07, 6.45) is 5.74. The molecule has 1 aliphatic rings. The fourth-order valence-corrected chi connectivity index (χ4v) is 3.18. The molecule has 0 saturated carbocycles. The molecule has 3 heterocycles. The molecule has 1 atom stereocenters. The first-order chi connectivity index (χ1) is 10.8. The molecule has 0 spiro atoms. The maximum absolute atomic E-state index is 12.9. The molecular formula is C16H17N5O. The average Bonchev–Trinajstić information content (AvgIpc) is 3.27. The Morgan fingerprint density at radius 2 is 2.23 bits per heavy atom. The lowest BCUT2D eigenvalue weighted by atomic mass is 10.1. The molecule has 1 N–H and O–H groups in total. The van der Waals surface area contributed by atoms with E-state index in [0.29, 0.717) is 5.69 Å². The van der Waals surface area contributed by atoms with Crippen LogP contribution in [-0.2, 0) is 6.54 Å². The van der Waals surface area contributed by atoms with Gasteiger partial charge in [-0.15, -0.1) is 0 Å². The number of amides is 1. The van der Waals surface area contributed by atoms with E-state index >= 15 is 0 Å². The van der Waals surface area contributed by atoms with Crippen molar-refractivity contribution in [3.8, 4) is 0 Å². The van der Waals surface area contributed by atoms with Crippen LogP contribution in [0, 0.1) is 0 Å². The standard InChI is InChI=1S/C16H17N5O/c22-16(15-13-6-1-2-7-14(13)18-19-15)21-10-3-5-12(21)11-20-9-4-8-17-20/h1-2,4,6-9,12H,3,5,10-11H2,(H,18,19). The molecule has 1 aromatic carbocycles. The van der Waals surface area contributed by atoms with Crippen molar-refractivity contribution in [2.45, 2.75) is 25.4 Å². The maximum Gasteiger partial charge on any atom is 0.275 e. The van der Waals surface area contributed by atoms with Gasteiger partial charge in [0, 0.05) is 24.3 Å². The van der Waals surface area contributed by atoms with Gasteiger partial charge in [-0.25, -0.2) is 0 Å². The maximum atomic E-state index is 12.9. The number of nitrogens with zero attached hydrogens (tertiary/aromatic N) is 4. The Labute approximate surface area is 127 Å². The quantitative estimate of drug-likeness (QED) is 0.804. The molecule has 1 saturated heterocycles. The number of likely N-dealkylation sites (tertiary alicyclic amines) is 1. The van der Waals surface area contributed by atoms with E-state index in [2.05, 4.69) is 15.3 Å². The lowest BCUT2D eigenvalue weighted by Gasteiger charge is -2.24. The van der Waals surface area contributed by atoms with Crippen LogP contribution in [0.4, 0.5) is 0 Å². The molecule has 0 aliphatic carbocycles. The molecule has 6 nitrogen and oxygen atoms in total. The van der Waals surface area contributed by atoms with Crippen LogP contribution in [0.25, 0.3) is 10.9 Å². The number of H-pyrrole nitrogens is 1. The first-order valence-electron chi connectivity index (χ1n) is 7.54. The zero-order valence-corrected chi connectivity index (χ0v) is 12.1. The van der Waals surface area contributed by atoms with Crippen LogP contribution in [0.2, 0.25) is 0 Å². The monoisotopic (exact) mass is 295 g/mol. The summed E-state index contributed by atoms with van der Waals surface area (Å²) < 4.78 is 1.89. The minimum Gasteiger partial charge on any atom is -0.332 e. The Kier molecular flexibility index (Phi) is 3.14. The summed E-state index contributed by atoms with van der Waals surface area (Å²) in [6, 6.07) is 9.82. The number of hydrogen-bond acceptors (Lipinski definition) is 3. The zero-order valence-electron chi connectivity index (χ0n) is 12.1. The Bertz CT molecular complexity index is 792. The Morgan fingerprint density at radius 3 is 3.09 bits per heavy atom. The highest BCUT2D eigenvalue weighted by atomic mass is 16.2. The van der Waals surface area contributed by atoms with Gasteiger partial charge in [-0.05, 0) is 25.0 Å². The second-order valence-electron chi connectivity index (χ2n) is 5.64. The zero-order chi connectivity index (χ0) is 14.9. The van der Waals surface area contributed by atoms with Crippen molar-refractivity contribution >= 4 is 16.8 Å². The number of carbonyl (C=O) groups excluding carboxylic acids is 1. The van der Waals surface area contributed by atoms with Crippen LogP contribution in [0.3, 0.4) is 0 Å². The van der Waals surface area contributed by atoms with Crippen molar-refractivity contribution in [2.75, 3.05) is 6.54 Å². The predicted molar refractivity (Wildman–Crippen MR) is 82.4 cm³/mol. The molecule has 22 heavy (non-hydrogen) atoms. The lowest BCUT2D eigenvalue weighted by Crippen LogP contribution is -2.38. The van der Waals surface area contributed by atoms with Crippen LogP contribution < -0.4 is 0 Å². The number of rotatable bonds is 3. The molecule has 1 aliphatic heterocycles. The summed E-state index contributed by atoms with van der Waals surface area (Å²) in [7, 11) is 0. The number of aromatic nitrogens is 4. The Balaban J connectivity index is 1.61. The minimum atomic E-state index is 0.00658. The number of benzene rings is 1. The van der Waals surface area contributed by atoms with Crippen molar-refractivity contribution in [1.29, 1.82) is 0 Å². The van der Waals surface area contributed by atoms with Crippen LogP contribution in [0.1, 0.15) is 23.3 Å². The minimum absolute atomic E-state index is 0.00658. The van der Waals surface area contributed by atoms with Crippen LogP contribution in [0.5, 0.6) is 0 Å². The number of hydrogen-bond donors (Lipinski definition) is 1. The topological polar surface area (TPSA) is 66.8 Å². The van der Waals surface area contributed by atoms with E-state index in [-0.39, 0.29) is 11.9 Å². The van der Waals surface area contributed by atoms with Gasteiger partial charge in [-0.1, -0.05) is 18.2 Å². The van der Waals surface area contributed by atoms with E-state index in [4.69, 9.17) is 0 Å². The van der Waals surface area contributed by atoms with E-state index in [1.54, 1.807) is 6.20 Å². The summed E-state index contributed by atoms with van der Waals surface area (Å²) in [4.78, 5) is 14.8. The van der Waals surface area contributed by atoms with Gasteiger partial charge >= 0.3 is 0 Å². The number of fused-ring (bicyclic) bond motifs is 1. The highest BCUT2D eigenvalue weighted by Crippen LogP contribution is 2.24. The van der Waals surface area contributed by atoms with E-state index in [1.807, 2.05) is 46.1 Å². The van der Waals surface area contributed by atoms with Gasteiger partial charge in [0.05, 0.1) is 18.1 Å². The normalized spacial score (nSPS) is 18.2. The molecule has 0 bridgehead atoms. The molecule has 1 fully saturated rings. The molecule has 1 unspecified atom stereocenters. The first-order valence-corrected chi connectivity index (χ1v) is 7.54. The average molecular weight is 295 g/mol. The second kappa shape index (κ2) is 5.29. The van der Waals surface area contributed by atoms with Crippen molar-refractivity contribution in [3.63, 3.8) is 0 Å². The van der Waals surface area contributed by atoms with Gasteiger partial charge in [0.1, 0.15) is 0 Å². The van der Waals surface area contributed by atoms with Gasteiger partial charge in [0.15, 0.2) is 5.69 Å². The smallest absolute Gasteiger partial charge is 0.275 e. The highest BCUT2D eigenvalue weighted by molar-refractivity contribution is 6.04. The molecular weight excluding hydrogens is 278 g/mol. The van der Waals surface area contributed by atoms with Crippen LogP contribution in [0.15, 0.2) is 42.7 Å². The number of para-hydroxylation sites is 1. The van der Waals surface area contributed by atoms with Crippen molar-refractivity contribution < 1.29 is 4.79 Å². The van der Waals surface area contributed by atoms with Gasteiger partial charge in [-0.2, -0.15) is 10.2 Å². The molecule has 0 radical (unpaired) electrons. The second-order valence-corrected chi connectivity index (χ2v) is 5.64. The van der Waals surface area contributed by atoms with E-state index < -0.39 is 0 Å². The van der Waals surface area contributed by atoms with Gasteiger partial charge in [-0.3, -0.25) is 14.6 Å². The lowest BCUT2D eigenvalue weighted by molar-refractivity contribution is 0.0717. The number of aromatic amines is 1. The summed E-state index contributed by atoms with van der Waals surface area (Å²) in [5, 5.41) is 12.3. The summed E-state index contributed by atoms with van der Waals surface area (Å²) in [6.45, 7) is 1.52. The summed E-state index contributed by atoms with van der Waals surface area (Å²) in [5.41, 5.74) is 1.41. The third-order valence-electron chi connectivity index (χ3n) is 4.27. The van der Waals surface area contributed by atoms with Gasteiger partial charge in [0.2, 0.25) is 0 Å². The third kappa shape index (κ3) is 2.16. The predicted octanol–water partition coefficient (Wildman–Crippen LogP) is 2.06. The van der Waals surface area contributed by atoms with E-state index in [9.17, 15) is 4.79 Å².